The SMILES string of the molecule is COc1ccc(C(=O)NCCCN(C)Cc2ccccc2)cn1. The number of rotatable bonds is 8. The number of hydrogen-bond donors (Lipinski definition) is 1. The first kappa shape index (κ1) is 17.0. The molecule has 1 aromatic carbocycles. The summed E-state index contributed by atoms with van der Waals surface area (Å²) >= 11 is 0. The number of carbonyl (C=O) groups is 1. The van der Waals surface area contributed by atoms with Gasteiger partial charge in [-0.3, -0.25) is 4.79 Å². The zero-order valence-corrected chi connectivity index (χ0v) is 13.7. The summed E-state index contributed by atoms with van der Waals surface area (Å²) in [5, 5.41) is 2.91. The minimum absolute atomic E-state index is 0.106. The molecule has 0 aliphatic rings. The van der Waals surface area contributed by atoms with Gasteiger partial charge in [-0.15, -0.1) is 0 Å². The molecule has 1 N–H and O–H groups in total. The van der Waals surface area contributed by atoms with Crippen molar-refractivity contribution in [3.63, 3.8) is 0 Å². The quantitative estimate of drug-likeness (QED) is 0.760. The highest BCUT2D eigenvalue weighted by Crippen LogP contribution is 2.06. The molecule has 0 atom stereocenters. The van der Waals surface area contributed by atoms with Gasteiger partial charge in [-0.25, -0.2) is 4.98 Å². The highest BCUT2D eigenvalue weighted by Gasteiger charge is 2.06. The summed E-state index contributed by atoms with van der Waals surface area (Å²) in [4.78, 5) is 18.3. The summed E-state index contributed by atoms with van der Waals surface area (Å²) in [5.74, 6) is 0.398. The molecule has 2 aromatic rings. The van der Waals surface area contributed by atoms with Crippen molar-refractivity contribution in [1.29, 1.82) is 0 Å². The Morgan fingerprint density at radius 1 is 1.22 bits per heavy atom. The van der Waals surface area contributed by atoms with E-state index in [0.29, 0.717) is 18.0 Å². The van der Waals surface area contributed by atoms with Crippen molar-refractivity contribution in [2.75, 3.05) is 27.2 Å². The number of methoxy groups -OCH3 is 1. The van der Waals surface area contributed by atoms with Crippen molar-refractivity contribution < 1.29 is 9.53 Å². The Bertz CT molecular complexity index is 599. The Hall–Kier alpha value is -2.40. The van der Waals surface area contributed by atoms with Crippen LogP contribution in [0.5, 0.6) is 5.88 Å². The topological polar surface area (TPSA) is 54.5 Å². The van der Waals surface area contributed by atoms with Crippen molar-refractivity contribution in [3.8, 4) is 5.88 Å². The highest BCUT2D eigenvalue weighted by molar-refractivity contribution is 5.93. The number of amides is 1. The molecule has 0 saturated heterocycles. The maximum atomic E-state index is 12.0. The summed E-state index contributed by atoms with van der Waals surface area (Å²) in [7, 11) is 3.64. The van der Waals surface area contributed by atoms with Crippen LogP contribution in [0.15, 0.2) is 48.7 Å². The number of hydrogen-bond acceptors (Lipinski definition) is 4. The summed E-state index contributed by atoms with van der Waals surface area (Å²) in [6.45, 7) is 2.48. The highest BCUT2D eigenvalue weighted by atomic mass is 16.5. The molecular weight excluding hydrogens is 290 g/mol. The maximum absolute atomic E-state index is 12.0. The molecule has 0 saturated carbocycles. The molecule has 5 nitrogen and oxygen atoms in total. The van der Waals surface area contributed by atoms with Crippen LogP contribution in [0.3, 0.4) is 0 Å². The fraction of sp³-hybridized carbons (Fsp3) is 0.333. The first-order valence-corrected chi connectivity index (χ1v) is 7.70. The van der Waals surface area contributed by atoms with Crippen LogP contribution in [0, 0.1) is 0 Å². The monoisotopic (exact) mass is 313 g/mol. The van der Waals surface area contributed by atoms with Gasteiger partial charge in [0.2, 0.25) is 5.88 Å². The molecule has 2 rings (SSSR count). The van der Waals surface area contributed by atoms with Crippen molar-refractivity contribution in [3.05, 3.63) is 59.8 Å². The second-order valence-electron chi connectivity index (χ2n) is 5.42. The number of aromatic nitrogens is 1. The third kappa shape index (κ3) is 5.71. The van der Waals surface area contributed by atoms with E-state index in [0.717, 1.165) is 19.5 Å². The van der Waals surface area contributed by atoms with E-state index in [4.69, 9.17) is 4.74 Å². The molecular formula is C18H23N3O2. The molecule has 0 unspecified atom stereocenters. The van der Waals surface area contributed by atoms with Crippen LogP contribution in [0.2, 0.25) is 0 Å². The number of benzene rings is 1. The van der Waals surface area contributed by atoms with Crippen LogP contribution in [0.4, 0.5) is 0 Å². The minimum atomic E-state index is -0.106. The van der Waals surface area contributed by atoms with Crippen molar-refractivity contribution in [2.45, 2.75) is 13.0 Å². The predicted molar refractivity (Wildman–Crippen MR) is 90.5 cm³/mol. The van der Waals surface area contributed by atoms with Gasteiger partial charge in [0.1, 0.15) is 0 Å². The molecule has 122 valence electrons. The summed E-state index contributed by atoms with van der Waals surface area (Å²) in [5.41, 5.74) is 1.84. The van der Waals surface area contributed by atoms with E-state index in [2.05, 4.69) is 34.4 Å². The van der Waals surface area contributed by atoms with Gasteiger partial charge >= 0.3 is 0 Å². The van der Waals surface area contributed by atoms with Crippen LogP contribution < -0.4 is 10.1 Å². The van der Waals surface area contributed by atoms with Crippen molar-refractivity contribution in [2.24, 2.45) is 0 Å². The van der Waals surface area contributed by atoms with E-state index in [1.54, 1.807) is 19.2 Å². The van der Waals surface area contributed by atoms with E-state index in [1.165, 1.54) is 11.8 Å². The van der Waals surface area contributed by atoms with E-state index in [1.807, 2.05) is 18.2 Å². The molecule has 0 spiro atoms. The molecule has 1 amide bonds. The Kier molecular flexibility index (Phi) is 6.56. The van der Waals surface area contributed by atoms with E-state index < -0.39 is 0 Å². The normalized spacial score (nSPS) is 10.6. The van der Waals surface area contributed by atoms with Crippen LogP contribution in [0.25, 0.3) is 0 Å². The second-order valence-corrected chi connectivity index (χ2v) is 5.42. The third-order valence-corrected chi connectivity index (χ3v) is 3.51. The Balaban J connectivity index is 1.67. The van der Waals surface area contributed by atoms with Gasteiger partial charge in [0.15, 0.2) is 0 Å². The van der Waals surface area contributed by atoms with Gasteiger partial charge in [-0.05, 0) is 31.6 Å². The average Bonchev–Trinajstić information content (AvgIpc) is 2.59. The molecule has 1 heterocycles. The fourth-order valence-electron chi connectivity index (χ4n) is 2.26. The molecule has 0 bridgehead atoms. The smallest absolute Gasteiger partial charge is 0.252 e. The van der Waals surface area contributed by atoms with Crippen LogP contribution in [-0.2, 0) is 6.54 Å². The van der Waals surface area contributed by atoms with Gasteiger partial charge in [0.25, 0.3) is 5.91 Å². The standard InChI is InChI=1S/C18H23N3O2/c1-21(14-15-7-4-3-5-8-15)12-6-11-19-18(22)16-9-10-17(23-2)20-13-16/h3-5,7-10,13H,6,11-12,14H2,1-2H3,(H,19,22). The van der Waals surface area contributed by atoms with Crippen LogP contribution >= 0.6 is 0 Å². The lowest BCUT2D eigenvalue weighted by Gasteiger charge is -2.16. The van der Waals surface area contributed by atoms with Crippen LogP contribution in [0.1, 0.15) is 22.3 Å². The Morgan fingerprint density at radius 3 is 2.65 bits per heavy atom. The molecule has 0 fully saturated rings. The Morgan fingerprint density at radius 2 is 2.00 bits per heavy atom. The minimum Gasteiger partial charge on any atom is -0.481 e. The summed E-state index contributed by atoms with van der Waals surface area (Å²) in [6.07, 6.45) is 2.42. The van der Waals surface area contributed by atoms with E-state index in [9.17, 15) is 4.79 Å². The summed E-state index contributed by atoms with van der Waals surface area (Å²) in [6, 6.07) is 13.8. The lowest BCUT2D eigenvalue weighted by Crippen LogP contribution is -2.28. The molecule has 0 radical (unpaired) electrons. The van der Waals surface area contributed by atoms with E-state index in [-0.39, 0.29) is 5.91 Å². The molecule has 1 aromatic heterocycles. The lowest BCUT2D eigenvalue weighted by atomic mass is 10.2. The number of nitrogens with zero attached hydrogens (tertiary/aromatic N) is 2. The van der Waals surface area contributed by atoms with Gasteiger partial charge in [0.05, 0.1) is 12.7 Å². The van der Waals surface area contributed by atoms with Gasteiger partial charge < -0.3 is 15.0 Å². The largest absolute Gasteiger partial charge is 0.481 e. The zero-order valence-electron chi connectivity index (χ0n) is 13.7. The van der Waals surface area contributed by atoms with Gasteiger partial charge in [-0.1, -0.05) is 30.3 Å². The first-order valence-electron chi connectivity index (χ1n) is 7.70. The zero-order chi connectivity index (χ0) is 16.5. The molecule has 0 aliphatic heterocycles. The molecule has 23 heavy (non-hydrogen) atoms. The molecule has 0 aliphatic carbocycles. The predicted octanol–water partition coefficient (Wildman–Crippen LogP) is 2.34. The van der Waals surface area contributed by atoms with E-state index >= 15 is 0 Å². The number of carbonyl (C=O) groups excluding carboxylic acids is 1. The number of pyridine rings is 1. The average molecular weight is 313 g/mol. The number of nitrogens with one attached hydrogen (secondary N) is 1. The maximum Gasteiger partial charge on any atom is 0.252 e. The van der Waals surface area contributed by atoms with Crippen LogP contribution in [-0.4, -0.2) is 43.0 Å². The second kappa shape index (κ2) is 8.90. The lowest BCUT2D eigenvalue weighted by molar-refractivity contribution is 0.0951. The van der Waals surface area contributed by atoms with Gasteiger partial charge in [0, 0.05) is 25.4 Å². The Labute approximate surface area is 137 Å². The molecule has 5 heteroatoms. The van der Waals surface area contributed by atoms with Gasteiger partial charge in [-0.2, -0.15) is 0 Å². The van der Waals surface area contributed by atoms with Crippen molar-refractivity contribution >= 4 is 5.91 Å². The third-order valence-electron chi connectivity index (χ3n) is 3.51. The summed E-state index contributed by atoms with van der Waals surface area (Å²) < 4.78 is 4.97. The fourth-order valence-corrected chi connectivity index (χ4v) is 2.26. The number of ether oxygens (including phenoxy) is 1. The van der Waals surface area contributed by atoms with Crippen molar-refractivity contribution in [1.82, 2.24) is 15.2 Å². The first-order chi connectivity index (χ1) is 11.2.